The van der Waals surface area contributed by atoms with E-state index in [1.807, 2.05) is 36.4 Å². The van der Waals surface area contributed by atoms with Crippen LogP contribution in [0.1, 0.15) is 10.4 Å². The maximum absolute atomic E-state index is 12.1. The maximum Gasteiger partial charge on any atom is 0.253 e. The van der Waals surface area contributed by atoms with Crippen LogP contribution in [0.15, 0.2) is 48.7 Å². The number of nitrogens with zero attached hydrogens (tertiary/aromatic N) is 3. The molecular weight excluding hydrogens is 368 g/mol. The molecule has 1 aromatic heterocycles. The third-order valence-corrected chi connectivity index (χ3v) is 4.32. The number of carbonyl (C=O) groups excluding carboxylic acids is 1. The number of methoxy groups -OCH3 is 1. The van der Waals surface area contributed by atoms with Crippen LogP contribution in [0.25, 0.3) is 10.8 Å². The van der Waals surface area contributed by atoms with Crippen molar-refractivity contribution in [1.82, 2.24) is 14.9 Å². The molecule has 8 nitrogen and oxygen atoms in total. The molecule has 4 N–H and O–H groups in total. The number of nitrogens with two attached hydrogens (primary N) is 1. The molecule has 0 bridgehead atoms. The van der Waals surface area contributed by atoms with Crippen molar-refractivity contribution in [3.63, 3.8) is 0 Å². The highest BCUT2D eigenvalue weighted by molar-refractivity contribution is 5.99. The molecule has 0 radical (unpaired) electrons. The van der Waals surface area contributed by atoms with Gasteiger partial charge in [0.1, 0.15) is 5.82 Å². The molecule has 0 aliphatic heterocycles. The number of fused-ring (bicyclic) bond motifs is 1. The Hall–Kier alpha value is -3.23. The Morgan fingerprint density at radius 3 is 2.69 bits per heavy atom. The standard InChI is InChI=1S/C21H26N6O2/c1-27(2)20(28)16-5-4-15-11-18(7-6-14(15)10-16)25-19-8-9-23-21(26-19)24-12-17(22)13-29-3/h4-11,17H,12-13,22H2,1-3H3,(H2,23,24,25,26)/t17-/m1/s1. The van der Waals surface area contributed by atoms with E-state index in [0.29, 0.717) is 30.5 Å². The van der Waals surface area contributed by atoms with Gasteiger partial charge in [-0.15, -0.1) is 0 Å². The summed E-state index contributed by atoms with van der Waals surface area (Å²) < 4.78 is 5.02. The van der Waals surface area contributed by atoms with E-state index in [4.69, 9.17) is 10.5 Å². The summed E-state index contributed by atoms with van der Waals surface area (Å²) in [5.74, 6) is 1.15. The zero-order valence-electron chi connectivity index (χ0n) is 16.8. The average molecular weight is 394 g/mol. The van der Waals surface area contributed by atoms with Gasteiger partial charge in [-0.05, 0) is 41.1 Å². The molecule has 152 valence electrons. The number of hydrogen-bond acceptors (Lipinski definition) is 7. The highest BCUT2D eigenvalue weighted by Crippen LogP contribution is 2.23. The van der Waals surface area contributed by atoms with Crippen molar-refractivity contribution in [2.24, 2.45) is 5.73 Å². The summed E-state index contributed by atoms with van der Waals surface area (Å²) in [5.41, 5.74) is 7.47. The fraction of sp³-hybridized carbons (Fsp3) is 0.286. The molecule has 3 rings (SSSR count). The zero-order valence-corrected chi connectivity index (χ0v) is 16.8. The van der Waals surface area contributed by atoms with Gasteiger partial charge in [-0.2, -0.15) is 4.98 Å². The first kappa shape index (κ1) is 20.5. The Balaban J connectivity index is 1.72. The minimum Gasteiger partial charge on any atom is -0.383 e. The lowest BCUT2D eigenvalue weighted by Gasteiger charge is -2.13. The molecular formula is C21H26N6O2. The number of carbonyl (C=O) groups is 1. The van der Waals surface area contributed by atoms with E-state index in [0.717, 1.165) is 16.5 Å². The third kappa shape index (κ3) is 5.40. The van der Waals surface area contributed by atoms with Crippen LogP contribution in [-0.2, 0) is 4.74 Å². The van der Waals surface area contributed by atoms with Gasteiger partial charge >= 0.3 is 0 Å². The lowest BCUT2D eigenvalue weighted by molar-refractivity contribution is 0.0828. The lowest BCUT2D eigenvalue weighted by atomic mass is 10.1. The monoisotopic (exact) mass is 394 g/mol. The molecule has 0 spiro atoms. The van der Waals surface area contributed by atoms with E-state index >= 15 is 0 Å². The minimum absolute atomic E-state index is 0.0136. The normalized spacial score (nSPS) is 11.9. The van der Waals surface area contributed by atoms with Crippen molar-refractivity contribution in [1.29, 1.82) is 0 Å². The summed E-state index contributed by atoms with van der Waals surface area (Å²) >= 11 is 0. The van der Waals surface area contributed by atoms with Crippen LogP contribution in [0.2, 0.25) is 0 Å². The summed E-state index contributed by atoms with van der Waals surface area (Å²) in [7, 11) is 5.11. The number of benzene rings is 2. The topological polar surface area (TPSA) is 105 Å². The number of hydrogen-bond donors (Lipinski definition) is 3. The molecule has 2 aromatic carbocycles. The second-order valence-electron chi connectivity index (χ2n) is 6.96. The van der Waals surface area contributed by atoms with E-state index in [9.17, 15) is 4.79 Å². The van der Waals surface area contributed by atoms with Gasteiger partial charge < -0.3 is 26.0 Å². The summed E-state index contributed by atoms with van der Waals surface area (Å²) in [5, 5.41) is 8.42. The van der Waals surface area contributed by atoms with Crippen LogP contribution in [0.5, 0.6) is 0 Å². The summed E-state index contributed by atoms with van der Waals surface area (Å²) in [6, 6.07) is 13.3. The summed E-state index contributed by atoms with van der Waals surface area (Å²) in [4.78, 5) is 22.4. The molecule has 1 amide bonds. The zero-order chi connectivity index (χ0) is 20.8. The van der Waals surface area contributed by atoms with Crippen molar-refractivity contribution in [2.75, 3.05) is 45.0 Å². The number of aromatic nitrogens is 2. The number of anilines is 3. The van der Waals surface area contributed by atoms with Crippen LogP contribution in [0.3, 0.4) is 0 Å². The predicted octanol–water partition coefficient (Wildman–Crippen LogP) is 2.46. The van der Waals surface area contributed by atoms with Crippen LogP contribution in [0, 0.1) is 0 Å². The molecule has 8 heteroatoms. The van der Waals surface area contributed by atoms with Gasteiger partial charge in [0.15, 0.2) is 0 Å². The summed E-state index contributed by atoms with van der Waals surface area (Å²) in [6.45, 7) is 0.977. The molecule has 3 aromatic rings. The first-order chi connectivity index (χ1) is 14.0. The lowest BCUT2D eigenvalue weighted by Crippen LogP contribution is -2.33. The first-order valence-electron chi connectivity index (χ1n) is 9.30. The number of ether oxygens (including phenoxy) is 1. The van der Waals surface area contributed by atoms with Crippen LogP contribution < -0.4 is 16.4 Å². The molecule has 0 saturated heterocycles. The molecule has 29 heavy (non-hydrogen) atoms. The molecule has 0 fully saturated rings. The molecule has 1 heterocycles. The van der Waals surface area contributed by atoms with Crippen LogP contribution in [0.4, 0.5) is 17.5 Å². The van der Waals surface area contributed by atoms with E-state index in [-0.39, 0.29) is 11.9 Å². The van der Waals surface area contributed by atoms with Gasteiger partial charge in [-0.1, -0.05) is 12.1 Å². The summed E-state index contributed by atoms with van der Waals surface area (Å²) in [6.07, 6.45) is 1.68. The van der Waals surface area contributed by atoms with E-state index in [1.165, 1.54) is 0 Å². The fourth-order valence-electron chi connectivity index (χ4n) is 2.87. The number of rotatable bonds is 8. The van der Waals surface area contributed by atoms with Crippen LogP contribution >= 0.6 is 0 Å². The Bertz CT molecular complexity index is 992. The molecule has 0 saturated carbocycles. The quantitative estimate of drug-likeness (QED) is 0.539. The SMILES string of the molecule is COC[C@H](N)CNc1nccc(Nc2ccc3cc(C(=O)N(C)C)ccc3c2)n1. The largest absolute Gasteiger partial charge is 0.383 e. The van der Waals surface area contributed by atoms with Crippen molar-refractivity contribution in [2.45, 2.75) is 6.04 Å². The second-order valence-corrected chi connectivity index (χ2v) is 6.96. The average Bonchev–Trinajstić information content (AvgIpc) is 2.72. The van der Waals surface area contributed by atoms with Crippen molar-refractivity contribution in [3.8, 4) is 0 Å². The Kier molecular flexibility index (Phi) is 6.58. The highest BCUT2D eigenvalue weighted by atomic mass is 16.5. The smallest absolute Gasteiger partial charge is 0.253 e. The van der Waals surface area contributed by atoms with E-state index < -0.39 is 0 Å². The predicted molar refractivity (Wildman–Crippen MR) is 116 cm³/mol. The van der Waals surface area contributed by atoms with Crippen molar-refractivity contribution in [3.05, 3.63) is 54.2 Å². The third-order valence-electron chi connectivity index (χ3n) is 4.32. The Morgan fingerprint density at radius 2 is 1.93 bits per heavy atom. The highest BCUT2D eigenvalue weighted by Gasteiger charge is 2.09. The molecule has 0 aliphatic carbocycles. The second kappa shape index (κ2) is 9.31. The molecule has 0 aliphatic rings. The van der Waals surface area contributed by atoms with Gasteiger partial charge in [0.2, 0.25) is 5.95 Å². The first-order valence-corrected chi connectivity index (χ1v) is 9.30. The number of nitrogens with one attached hydrogen (secondary N) is 2. The van der Waals surface area contributed by atoms with E-state index in [1.54, 1.807) is 38.4 Å². The van der Waals surface area contributed by atoms with Crippen molar-refractivity contribution >= 4 is 34.1 Å². The minimum atomic E-state index is -0.134. The van der Waals surface area contributed by atoms with Gasteiger partial charge in [0.25, 0.3) is 5.91 Å². The van der Waals surface area contributed by atoms with Gasteiger partial charge in [0.05, 0.1) is 6.61 Å². The molecule has 1 atom stereocenters. The van der Waals surface area contributed by atoms with E-state index in [2.05, 4.69) is 20.6 Å². The Labute approximate surface area is 170 Å². The van der Waals surface area contributed by atoms with Crippen molar-refractivity contribution < 1.29 is 9.53 Å². The van der Waals surface area contributed by atoms with Gasteiger partial charge in [-0.3, -0.25) is 4.79 Å². The Morgan fingerprint density at radius 1 is 1.17 bits per heavy atom. The fourth-order valence-corrected chi connectivity index (χ4v) is 2.87. The molecule has 0 unspecified atom stereocenters. The number of amides is 1. The van der Waals surface area contributed by atoms with Gasteiger partial charge in [0, 0.05) is 51.2 Å². The maximum atomic E-state index is 12.1. The van der Waals surface area contributed by atoms with Crippen LogP contribution in [-0.4, -0.2) is 61.2 Å². The van der Waals surface area contributed by atoms with Gasteiger partial charge in [-0.25, -0.2) is 4.98 Å².